The normalized spacial score (nSPS) is 18.7. The Balaban J connectivity index is 1.95. The number of fused-ring (bicyclic) bond motifs is 1. The maximum Gasteiger partial charge on any atom is 0.303 e. The molecule has 1 heterocycles. The van der Waals surface area contributed by atoms with Gasteiger partial charge in [-0.3, -0.25) is 4.79 Å². The van der Waals surface area contributed by atoms with E-state index >= 15 is 0 Å². The van der Waals surface area contributed by atoms with Gasteiger partial charge in [-0.05, 0) is 54.9 Å². The lowest BCUT2D eigenvalue weighted by Gasteiger charge is -2.17. The van der Waals surface area contributed by atoms with Crippen molar-refractivity contribution < 1.29 is 19.4 Å². The molecule has 0 radical (unpaired) electrons. The zero-order valence-corrected chi connectivity index (χ0v) is 10.3. The third kappa shape index (κ3) is 2.03. The SMILES string of the molecule is Cc1cc2c(cc1C(CC(=O)O)C1CC1)OCO2. The summed E-state index contributed by atoms with van der Waals surface area (Å²) >= 11 is 0. The molecule has 1 saturated carbocycles. The Bertz CT molecular complexity index is 491. The highest BCUT2D eigenvalue weighted by molar-refractivity contribution is 5.68. The summed E-state index contributed by atoms with van der Waals surface area (Å²) in [6.07, 6.45) is 2.46. The fourth-order valence-electron chi connectivity index (χ4n) is 2.68. The molecule has 0 amide bonds. The molecule has 0 saturated heterocycles. The van der Waals surface area contributed by atoms with Crippen LogP contribution in [-0.4, -0.2) is 17.9 Å². The second-order valence-corrected chi connectivity index (χ2v) is 5.10. The summed E-state index contributed by atoms with van der Waals surface area (Å²) in [7, 11) is 0. The van der Waals surface area contributed by atoms with Crippen molar-refractivity contribution in [3.8, 4) is 11.5 Å². The first-order valence-corrected chi connectivity index (χ1v) is 6.27. The molecule has 2 aliphatic rings. The second kappa shape index (κ2) is 4.19. The lowest BCUT2D eigenvalue weighted by atomic mass is 9.88. The van der Waals surface area contributed by atoms with Crippen molar-refractivity contribution in [2.75, 3.05) is 6.79 Å². The average molecular weight is 248 g/mol. The summed E-state index contributed by atoms with van der Waals surface area (Å²) in [6, 6.07) is 3.92. The maximum absolute atomic E-state index is 11.0. The van der Waals surface area contributed by atoms with Crippen molar-refractivity contribution in [1.82, 2.24) is 0 Å². The van der Waals surface area contributed by atoms with Gasteiger partial charge in [-0.15, -0.1) is 0 Å². The Kier molecular flexibility index (Phi) is 2.65. The van der Waals surface area contributed by atoms with Crippen LogP contribution in [0.2, 0.25) is 0 Å². The zero-order valence-electron chi connectivity index (χ0n) is 10.3. The Morgan fingerprint density at radius 3 is 2.67 bits per heavy atom. The van der Waals surface area contributed by atoms with Crippen LogP contribution in [0.25, 0.3) is 0 Å². The van der Waals surface area contributed by atoms with Crippen LogP contribution in [0, 0.1) is 12.8 Å². The molecule has 1 N–H and O–H groups in total. The van der Waals surface area contributed by atoms with Crippen molar-refractivity contribution in [2.45, 2.75) is 32.1 Å². The van der Waals surface area contributed by atoms with Gasteiger partial charge in [0.05, 0.1) is 6.42 Å². The fraction of sp³-hybridized carbons (Fsp3) is 0.500. The van der Waals surface area contributed by atoms with Gasteiger partial charge in [0.15, 0.2) is 11.5 Å². The lowest BCUT2D eigenvalue weighted by molar-refractivity contribution is -0.137. The molecule has 1 aromatic rings. The highest BCUT2D eigenvalue weighted by Crippen LogP contribution is 2.47. The van der Waals surface area contributed by atoms with Crippen LogP contribution in [0.4, 0.5) is 0 Å². The quantitative estimate of drug-likeness (QED) is 0.890. The van der Waals surface area contributed by atoms with Gasteiger partial charge < -0.3 is 14.6 Å². The van der Waals surface area contributed by atoms with Crippen molar-refractivity contribution >= 4 is 5.97 Å². The number of rotatable bonds is 4. The van der Waals surface area contributed by atoms with Crippen molar-refractivity contribution in [1.29, 1.82) is 0 Å². The van der Waals surface area contributed by atoms with E-state index in [0.717, 1.165) is 35.5 Å². The number of carboxylic acids is 1. The number of benzene rings is 1. The minimum Gasteiger partial charge on any atom is -0.481 e. The molecule has 1 aromatic carbocycles. The van der Waals surface area contributed by atoms with Crippen LogP contribution in [0.15, 0.2) is 12.1 Å². The van der Waals surface area contributed by atoms with E-state index in [2.05, 4.69) is 0 Å². The van der Waals surface area contributed by atoms with Crippen molar-refractivity contribution in [2.24, 2.45) is 5.92 Å². The molecule has 1 aliphatic carbocycles. The highest BCUT2D eigenvalue weighted by atomic mass is 16.7. The van der Waals surface area contributed by atoms with E-state index in [-0.39, 0.29) is 19.1 Å². The Morgan fingerprint density at radius 1 is 1.39 bits per heavy atom. The smallest absolute Gasteiger partial charge is 0.303 e. The van der Waals surface area contributed by atoms with Crippen LogP contribution in [-0.2, 0) is 4.79 Å². The number of hydrogen-bond donors (Lipinski definition) is 1. The molecule has 18 heavy (non-hydrogen) atoms. The number of carboxylic acid groups (broad SMARTS) is 1. The van der Waals surface area contributed by atoms with Gasteiger partial charge in [0, 0.05) is 0 Å². The average Bonchev–Trinajstić information content (AvgIpc) is 3.05. The van der Waals surface area contributed by atoms with Gasteiger partial charge >= 0.3 is 5.97 Å². The summed E-state index contributed by atoms with van der Waals surface area (Å²) in [4.78, 5) is 11.0. The van der Waals surface area contributed by atoms with E-state index in [1.54, 1.807) is 0 Å². The monoisotopic (exact) mass is 248 g/mol. The molecule has 0 bridgehead atoms. The van der Waals surface area contributed by atoms with Crippen LogP contribution in [0.5, 0.6) is 11.5 Å². The molecular weight excluding hydrogens is 232 g/mol. The van der Waals surface area contributed by atoms with Crippen LogP contribution >= 0.6 is 0 Å². The third-order valence-electron chi connectivity index (χ3n) is 3.75. The van der Waals surface area contributed by atoms with E-state index in [1.165, 1.54) is 0 Å². The van der Waals surface area contributed by atoms with Crippen LogP contribution < -0.4 is 9.47 Å². The summed E-state index contributed by atoms with van der Waals surface area (Å²) in [5.41, 5.74) is 2.20. The standard InChI is InChI=1S/C14H16O4/c1-8-4-12-13(18-7-17-12)5-10(8)11(6-14(15)16)9-2-3-9/h4-5,9,11H,2-3,6-7H2,1H3,(H,15,16). The Morgan fingerprint density at radius 2 is 2.06 bits per heavy atom. The topological polar surface area (TPSA) is 55.8 Å². The molecule has 1 aliphatic heterocycles. The fourth-order valence-corrected chi connectivity index (χ4v) is 2.68. The van der Waals surface area contributed by atoms with Crippen LogP contribution in [0.3, 0.4) is 0 Å². The van der Waals surface area contributed by atoms with Gasteiger partial charge in [-0.1, -0.05) is 0 Å². The number of aliphatic carboxylic acids is 1. The molecule has 3 rings (SSSR count). The Hall–Kier alpha value is -1.71. The van der Waals surface area contributed by atoms with Gasteiger partial charge in [0.1, 0.15) is 0 Å². The first-order chi connectivity index (χ1) is 8.65. The van der Waals surface area contributed by atoms with Crippen molar-refractivity contribution in [3.05, 3.63) is 23.3 Å². The number of carbonyl (C=O) groups is 1. The molecule has 0 aromatic heterocycles. The van der Waals surface area contributed by atoms with Gasteiger partial charge in [-0.2, -0.15) is 0 Å². The molecule has 1 unspecified atom stereocenters. The largest absolute Gasteiger partial charge is 0.481 e. The lowest BCUT2D eigenvalue weighted by Crippen LogP contribution is -2.09. The molecule has 0 spiro atoms. The molecule has 4 nitrogen and oxygen atoms in total. The highest BCUT2D eigenvalue weighted by Gasteiger charge is 2.35. The number of aryl methyl sites for hydroxylation is 1. The molecule has 1 atom stereocenters. The minimum atomic E-state index is -0.732. The van der Waals surface area contributed by atoms with Crippen LogP contribution in [0.1, 0.15) is 36.3 Å². The summed E-state index contributed by atoms with van der Waals surface area (Å²) in [5.74, 6) is 1.40. The van der Waals surface area contributed by atoms with E-state index < -0.39 is 5.97 Å². The minimum absolute atomic E-state index is 0.108. The third-order valence-corrected chi connectivity index (χ3v) is 3.75. The predicted octanol–water partition coefficient (Wildman–Crippen LogP) is 2.69. The van der Waals surface area contributed by atoms with Gasteiger partial charge in [-0.25, -0.2) is 0 Å². The second-order valence-electron chi connectivity index (χ2n) is 5.10. The zero-order chi connectivity index (χ0) is 12.7. The first-order valence-electron chi connectivity index (χ1n) is 6.27. The molecule has 96 valence electrons. The first kappa shape index (κ1) is 11.4. The molecular formula is C14H16O4. The summed E-state index contributed by atoms with van der Waals surface area (Å²) in [6.45, 7) is 2.26. The maximum atomic E-state index is 11.0. The Labute approximate surface area is 106 Å². The van der Waals surface area contributed by atoms with E-state index in [9.17, 15) is 4.79 Å². The molecule has 4 heteroatoms. The van der Waals surface area contributed by atoms with E-state index in [1.807, 2.05) is 19.1 Å². The summed E-state index contributed by atoms with van der Waals surface area (Å²) in [5, 5.41) is 9.05. The summed E-state index contributed by atoms with van der Waals surface area (Å²) < 4.78 is 10.7. The predicted molar refractivity (Wildman–Crippen MR) is 65.0 cm³/mol. The van der Waals surface area contributed by atoms with E-state index in [4.69, 9.17) is 14.6 Å². The van der Waals surface area contributed by atoms with Gasteiger partial charge in [0.25, 0.3) is 0 Å². The number of hydrogen-bond acceptors (Lipinski definition) is 3. The van der Waals surface area contributed by atoms with Gasteiger partial charge in [0.2, 0.25) is 6.79 Å². The number of ether oxygens (including phenoxy) is 2. The van der Waals surface area contributed by atoms with Crippen molar-refractivity contribution in [3.63, 3.8) is 0 Å². The van der Waals surface area contributed by atoms with E-state index in [0.29, 0.717) is 5.92 Å². The molecule has 1 fully saturated rings.